The third kappa shape index (κ3) is 3.28. The Balaban J connectivity index is 2.93. The van der Waals surface area contributed by atoms with E-state index in [2.05, 4.69) is 0 Å². The molecule has 1 rings (SSSR count). The summed E-state index contributed by atoms with van der Waals surface area (Å²) in [5.74, 6) is 0.139. The summed E-state index contributed by atoms with van der Waals surface area (Å²) in [5.41, 5.74) is -0.529. The first kappa shape index (κ1) is 16.0. The van der Waals surface area contributed by atoms with Gasteiger partial charge in [0.15, 0.2) is 0 Å². The van der Waals surface area contributed by atoms with E-state index < -0.39 is 5.41 Å². The van der Waals surface area contributed by atoms with E-state index in [1.807, 2.05) is 39.5 Å². The second kappa shape index (κ2) is 6.40. The van der Waals surface area contributed by atoms with Crippen LogP contribution in [0.4, 0.5) is 0 Å². The van der Waals surface area contributed by atoms with Gasteiger partial charge < -0.3 is 9.64 Å². The third-order valence-corrected chi connectivity index (χ3v) is 4.12. The van der Waals surface area contributed by atoms with Crippen molar-refractivity contribution in [3.8, 4) is 0 Å². The quantitative estimate of drug-likeness (QED) is 0.737. The number of esters is 1. The van der Waals surface area contributed by atoms with E-state index in [4.69, 9.17) is 4.74 Å². The molecule has 1 heterocycles. The lowest BCUT2D eigenvalue weighted by Gasteiger charge is -2.44. The van der Waals surface area contributed by atoms with Gasteiger partial charge >= 0.3 is 5.97 Å². The van der Waals surface area contributed by atoms with Crippen LogP contribution in [-0.2, 0) is 14.3 Å². The van der Waals surface area contributed by atoms with E-state index in [9.17, 15) is 9.59 Å². The van der Waals surface area contributed by atoms with Crippen molar-refractivity contribution in [3.63, 3.8) is 0 Å². The molecule has 1 amide bonds. The maximum Gasteiger partial charge on any atom is 0.314 e. The minimum Gasteiger partial charge on any atom is -0.466 e. The van der Waals surface area contributed by atoms with Crippen LogP contribution in [0.15, 0.2) is 0 Å². The molecular formula is C15H27NO3. The SMILES string of the molecule is CCOC(=O)C1(C(C)C)CCCN(C(=O)C(C)C)C1. The third-order valence-electron chi connectivity index (χ3n) is 4.12. The lowest BCUT2D eigenvalue weighted by Crippen LogP contribution is -2.53. The van der Waals surface area contributed by atoms with Crippen molar-refractivity contribution in [2.24, 2.45) is 17.3 Å². The van der Waals surface area contributed by atoms with Crippen LogP contribution < -0.4 is 0 Å². The Kier molecular flexibility index (Phi) is 5.39. The summed E-state index contributed by atoms with van der Waals surface area (Å²) in [4.78, 5) is 26.3. The van der Waals surface area contributed by atoms with Crippen LogP contribution in [0.1, 0.15) is 47.5 Å². The van der Waals surface area contributed by atoms with Gasteiger partial charge in [-0.25, -0.2) is 0 Å². The number of rotatable bonds is 4. The van der Waals surface area contributed by atoms with Crippen molar-refractivity contribution < 1.29 is 14.3 Å². The number of carbonyl (C=O) groups is 2. The number of hydrogen-bond acceptors (Lipinski definition) is 3. The van der Waals surface area contributed by atoms with E-state index in [0.717, 1.165) is 19.4 Å². The van der Waals surface area contributed by atoms with Gasteiger partial charge in [0.25, 0.3) is 0 Å². The summed E-state index contributed by atoms with van der Waals surface area (Å²) in [6.07, 6.45) is 1.68. The van der Waals surface area contributed by atoms with Gasteiger partial charge in [-0.3, -0.25) is 9.59 Å². The van der Waals surface area contributed by atoms with Gasteiger partial charge in [0, 0.05) is 19.0 Å². The molecule has 1 unspecified atom stereocenters. The fourth-order valence-corrected chi connectivity index (χ4v) is 2.79. The molecule has 0 aromatic rings. The standard InChI is InChI=1S/C15H27NO3/c1-6-19-14(18)15(12(4)5)8-7-9-16(10-15)13(17)11(2)3/h11-12H,6-10H2,1-5H3. The van der Waals surface area contributed by atoms with Gasteiger partial charge in [-0.2, -0.15) is 0 Å². The van der Waals surface area contributed by atoms with Crippen LogP contribution >= 0.6 is 0 Å². The molecule has 0 aromatic carbocycles. The molecule has 1 aliphatic heterocycles. The fourth-order valence-electron chi connectivity index (χ4n) is 2.79. The predicted molar refractivity (Wildman–Crippen MR) is 74.6 cm³/mol. The highest BCUT2D eigenvalue weighted by molar-refractivity contribution is 5.81. The molecule has 4 nitrogen and oxygen atoms in total. The molecule has 1 aliphatic rings. The molecule has 0 radical (unpaired) electrons. The zero-order chi connectivity index (χ0) is 14.6. The number of nitrogens with zero attached hydrogens (tertiary/aromatic N) is 1. The molecule has 4 heteroatoms. The van der Waals surface area contributed by atoms with Crippen LogP contribution in [0.5, 0.6) is 0 Å². The van der Waals surface area contributed by atoms with Gasteiger partial charge in [0.2, 0.25) is 5.91 Å². The number of likely N-dealkylation sites (tertiary alicyclic amines) is 1. The molecule has 0 N–H and O–H groups in total. The van der Waals surface area contributed by atoms with Crippen LogP contribution in [0.3, 0.4) is 0 Å². The smallest absolute Gasteiger partial charge is 0.314 e. The normalized spacial score (nSPS) is 23.8. The largest absolute Gasteiger partial charge is 0.466 e. The lowest BCUT2D eigenvalue weighted by atomic mass is 9.71. The number of piperidine rings is 1. The Hall–Kier alpha value is -1.06. The van der Waals surface area contributed by atoms with Crippen molar-refractivity contribution in [2.75, 3.05) is 19.7 Å². The van der Waals surface area contributed by atoms with E-state index in [-0.39, 0.29) is 23.7 Å². The summed E-state index contributed by atoms with van der Waals surface area (Å²) in [6, 6.07) is 0. The second-order valence-corrected chi connectivity index (χ2v) is 6.05. The number of carbonyl (C=O) groups excluding carboxylic acids is 2. The first-order valence-electron chi connectivity index (χ1n) is 7.31. The Morgan fingerprint density at radius 3 is 2.37 bits per heavy atom. The van der Waals surface area contributed by atoms with Crippen molar-refractivity contribution in [2.45, 2.75) is 47.5 Å². The summed E-state index contributed by atoms with van der Waals surface area (Å²) in [6.45, 7) is 11.4. The molecular weight excluding hydrogens is 242 g/mol. The summed E-state index contributed by atoms with van der Waals surface area (Å²) in [7, 11) is 0. The predicted octanol–water partition coefficient (Wildman–Crippen LogP) is 2.47. The van der Waals surface area contributed by atoms with Crippen molar-refractivity contribution in [1.82, 2.24) is 4.90 Å². The zero-order valence-corrected chi connectivity index (χ0v) is 12.9. The Labute approximate surface area is 116 Å². The molecule has 0 aliphatic carbocycles. The van der Waals surface area contributed by atoms with Gasteiger partial charge in [-0.1, -0.05) is 27.7 Å². The monoisotopic (exact) mass is 269 g/mol. The number of amides is 1. The molecule has 0 spiro atoms. The summed E-state index contributed by atoms with van der Waals surface area (Å²) < 4.78 is 5.26. The number of ether oxygens (including phenoxy) is 1. The fraction of sp³-hybridized carbons (Fsp3) is 0.867. The molecule has 1 saturated heterocycles. The first-order valence-corrected chi connectivity index (χ1v) is 7.31. The molecule has 19 heavy (non-hydrogen) atoms. The average molecular weight is 269 g/mol. The van der Waals surface area contributed by atoms with Crippen molar-refractivity contribution in [1.29, 1.82) is 0 Å². The maximum absolute atomic E-state index is 12.3. The Morgan fingerprint density at radius 1 is 1.26 bits per heavy atom. The van der Waals surface area contributed by atoms with Crippen LogP contribution in [-0.4, -0.2) is 36.5 Å². The summed E-state index contributed by atoms with van der Waals surface area (Å²) >= 11 is 0. The molecule has 110 valence electrons. The second-order valence-electron chi connectivity index (χ2n) is 6.05. The molecule has 0 bridgehead atoms. The highest BCUT2D eigenvalue weighted by Crippen LogP contribution is 2.39. The average Bonchev–Trinajstić information content (AvgIpc) is 2.37. The van der Waals surface area contributed by atoms with Gasteiger partial charge in [-0.15, -0.1) is 0 Å². The molecule has 0 aromatic heterocycles. The van der Waals surface area contributed by atoms with E-state index in [0.29, 0.717) is 13.2 Å². The zero-order valence-electron chi connectivity index (χ0n) is 12.9. The van der Waals surface area contributed by atoms with Crippen molar-refractivity contribution >= 4 is 11.9 Å². The Morgan fingerprint density at radius 2 is 1.89 bits per heavy atom. The highest BCUT2D eigenvalue weighted by atomic mass is 16.5. The van der Waals surface area contributed by atoms with Gasteiger partial charge in [0.1, 0.15) is 0 Å². The first-order chi connectivity index (χ1) is 8.85. The lowest BCUT2D eigenvalue weighted by molar-refractivity contribution is -0.165. The van der Waals surface area contributed by atoms with E-state index in [1.54, 1.807) is 0 Å². The molecule has 0 saturated carbocycles. The maximum atomic E-state index is 12.3. The van der Waals surface area contributed by atoms with Gasteiger partial charge in [0.05, 0.1) is 12.0 Å². The highest BCUT2D eigenvalue weighted by Gasteiger charge is 2.47. The molecule has 1 atom stereocenters. The van der Waals surface area contributed by atoms with Crippen LogP contribution in [0.25, 0.3) is 0 Å². The Bertz CT molecular complexity index is 338. The topological polar surface area (TPSA) is 46.6 Å². The van der Waals surface area contributed by atoms with Gasteiger partial charge in [-0.05, 0) is 25.7 Å². The molecule has 1 fully saturated rings. The number of hydrogen-bond donors (Lipinski definition) is 0. The van der Waals surface area contributed by atoms with Crippen molar-refractivity contribution in [3.05, 3.63) is 0 Å². The van der Waals surface area contributed by atoms with E-state index >= 15 is 0 Å². The minimum absolute atomic E-state index is 0.0230. The summed E-state index contributed by atoms with van der Waals surface area (Å²) in [5, 5.41) is 0. The van der Waals surface area contributed by atoms with Crippen LogP contribution in [0.2, 0.25) is 0 Å². The minimum atomic E-state index is -0.529. The van der Waals surface area contributed by atoms with Crippen LogP contribution in [0, 0.1) is 17.3 Å². The van der Waals surface area contributed by atoms with E-state index in [1.165, 1.54) is 0 Å².